The summed E-state index contributed by atoms with van der Waals surface area (Å²) >= 11 is 0. The molecule has 4 rings (SSSR count). The minimum atomic E-state index is -0.0259. The lowest BCUT2D eigenvalue weighted by molar-refractivity contribution is 0.176. The molecule has 1 saturated heterocycles. The highest BCUT2D eigenvalue weighted by atomic mass is 16.5. The highest BCUT2D eigenvalue weighted by Crippen LogP contribution is 2.39. The van der Waals surface area contributed by atoms with Crippen LogP contribution in [0.1, 0.15) is 48.9 Å². The van der Waals surface area contributed by atoms with Gasteiger partial charge in [-0.05, 0) is 56.2 Å². The molecule has 1 atom stereocenters. The summed E-state index contributed by atoms with van der Waals surface area (Å²) in [5.74, 6) is 2.46. The van der Waals surface area contributed by atoms with Crippen LogP contribution < -0.4 is 5.32 Å². The Morgan fingerprint density at radius 1 is 1.36 bits per heavy atom. The monoisotopic (exact) mass is 340 g/mol. The second-order valence-electron chi connectivity index (χ2n) is 7.28. The zero-order chi connectivity index (χ0) is 17.2. The molecule has 0 spiro atoms. The third kappa shape index (κ3) is 4.00. The molecule has 2 amide bonds. The maximum absolute atomic E-state index is 12.5. The van der Waals surface area contributed by atoms with Crippen LogP contribution in [0.2, 0.25) is 0 Å². The number of carbonyl (C=O) groups excluding carboxylic acids is 1. The Labute approximate surface area is 147 Å². The van der Waals surface area contributed by atoms with Gasteiger partial charge in [-0.2, -0.15) is 4.98 Å². The molecule has 6 heteroatoms. The van der Waals surface area contributed by atoms with Crippen LogP contribution in [0.4, 0.5) is 10.5 Å². The van der Waals surface area contributed by atoms with Crippen molar-refractivity contribution >= 4 is 11.7 Å². The standard InChI is InChI=1S/C19H24N4O2/c1-13-4-2-6-16(10-13)20-19(24)23-9-3-5-14(12-23)11-17-21-18(25-22-17)15-7-8-15/h2,4,6,10,14-15H,3,5,7-9,11-12H2,1H3,(H,20,24). The van der Waals surface area contributed by atoms with Crippen molar-refractivity contribution in [3.63, 3.8) is 0 Å². The van der Waals surface area contributed by atoms with E-state index in [-0.39, 0.29) is 6.03 Å². The SMILES string of the molecule is Cc1cccc(NC(=O)N2CCCC(Cc3noc(C4CC4)n3)C2)c1. The van der Waals surface area contributed by atoms with E-state index >= 15 is 0 Å². The molecule has 0 bridgehead atoms. The van der Waals surface area contributed by atoms with Gasteiger partial charge in [0.1, 0.15) is 0 Å². The Balaban J connectivity index is 1.34. The molecule has 2 fully saturated rings. The number of aromatic nitrogens is 2. The molecule has 1 N–H and O–H groups in total. The highest BCUT2D eigenvalue weighted by Gasteiger charge is 2.30. The van der Waals surface area contributed by atoms with Crippen molar-refractivity contribution in [3.05, 3.63) is 41.5 Å². The molecule has 0 radical (unpaired) electrons. The molecule has 1 aromatic heterocycles. The van der Waals surface area contributed by atoms with Crippen molar-refractivity contribution in [2.45, 2.75) is 44.9 Å². The van der Waals surface area contributed by atoms with Crippen LogP contribution in [-0.4, -0.2) is 34.2 Å². The lowest BCUT2D eigenvalue weighted by Gasteiger charge is -2.32. The van der Waals surface area contributed by atoms with Crippen LogP contribution >= 0.6 is 0 Å². The average Bonchev–Trinajstić information content (AvgIpc) is 3.35. The van der Waals surface area contributed by atoms with Crippen LogP contribution in [-0.2, 0) is 6.42 Å². The number of benzene rings is 1. The quantitative estimate of drug-likeness (QED) is 0.920. The third-order valence-electron chi connectivity index (χ3n) is 4.96. The molecule has 1 aliphatic heterocycles. The van der Waals surface area contributed by atoms with Gasteiger partial charge in [0, 0.05) is 31.1 Å². The molecule has 132 valence electrons. The molecule has 6 nitrogen and oxygen atoms in total. The highest BCUT2D eigenvalue weighted by molar-refractivity contribution is 5.89. The second-order valence-corrected chi connectivity index (χ2v) is 7.28. The average molecular weight is 340 g/mol. The number of rotatable bonds is 4. The van der Waals surface area contributed by atoms with Crippen molar-refractivity contribution in [2.75, 3.05) is 18.4 Å². The Kier molecular flexibility index (Phi) is 4.42. The number of hydrogen-bond acceptors (Lipinski definition) is 4. The van der Waals surface area contributed by atoms with Crippen molar-refractivity contribution < 1.29 is 9.32 Å². The smallest absolute Gasteiger partial charge is 0.321 e. The molecule has 1 saturated carbocycles. The summed E-state index contributed by atoms with van der Waals surface area (Å²) in [6.45, 7) is 3.56. The minimum Gasteiger partial charge on any atom is -0.339 e. The third-order valence-corrected chi connectivity index (χ3v) is 4.96. The van der Waals surface area contributed by atoms with E-state index in [0.29, 0.717) is 11.8 Å². The van der Waals surface area contributed by atoms with Gasteiger partial charge in [-0.3, -0.25) is 0 Å². The topological polar surface area (TPSA) is 71.3 Å². The number of anilines is 1. The van der Waals surface area contributed by atoms with Gasteiger partial charge in [0.05, 0.1) is 0 Å². The summed E-state index contributed by atoms with van der Waals surface area (Å²) in [6.07, 6.45) is 5.22. The number of nitrogens with one attached hydrogen (secondary N) is 1. The molecule has 1 unspecified atom stereocenters. The number of piperidine rings is 1. The van der Waals surface area contributed by atoms with E-state index < -0.39 is 0 Å². The molecular formula is C19H24N4O2. The van der Waals surface area contributed by atoms with Crippen LogP contribution in [0.3, 0.4) is 0 Å². The van der Waals surface area contributed by atoms with Crippen LogP contribution in [0.5, 0.6) is 0 Å². The summed E-state index contributed by atoms with van der Waals surface area (Å²) in [7, 11) is 0. The normalized spacial score (nSPS) is 20.5. The van der Waals surface area contributed by atoms with Gasteiger partial charge < -0.3 is 14.7 Å². The first-order chi connectivity index (χ1) is 12.2. The molecular weight excluding hydrogens is 316 g/mol. The summed E-state index contributed by atoms with van der Waals surface area (Å²) < 4.78 is 5.34. The Hall–Kier alpha value is -2.37. The predicted octanol–water partition coefficient (Wildman–Crippen LogP) is 3.74. The summed E-state index contributed by atoms with van der Waals surface area (Å²) in [4.78, 5) is 19.0. The fourth-order valence-corrected chi connectivity index (χ4v) is 3.45. The Bertz CT molecular complexity index is 753. The van der Waals surface area contributed by atoms with Crippen LogP contribution in [0.25, 0.3) is 0 Å². The maximum atomic E-state index is 12.5. The largest absolute Gasteiger partial charge is 0.339 e. The van der Waals surface area contributed by atoms with Gasteiger partial charge in [-0.25, -0.2) is 4.79 Å². The van der Waals surface area contributed by atoms with Gasteiger partial charge in [-0.1, -0.05) is 17.3 Å². The number of likely N-dealkylation sites (tertiary alicyclic amines) is 1. The maximum Gasteiger partial charge on any atom is 0.321 e. The molecule has 1 aromatic carbocycles. The zero-order valence-corrected chi connectivity index (χ0v) is 14.6. The fraction of sp³-hybridized carbons (Fsp3) is 0.526. The summed E-state index contributed by atoms with van der Waals surface area (Å²) in [5, 5.41) is 7.12. The summed E-state index contributed by atoms with van der Waals surface area (Å²) in [5.41, 5.74) is 1.98. The van der Waals surface area contributed by atoms with Crippen molar-refractivity contribution in [1.82, 2.24) is 15.0 Å². The van der Waals surface area contributed by atoms with E-state index in [1.165, 1.54) is 0 Å². The van der Waals surface area contributed by atoms with E-state index in [1.54, 1.807) is 0 Å². The van der Waals surface area contributed by atoms with Crippen molar-refractivity contribution in [2.24, 2.45) is 5.92 Å². The van der Waals surface area contributed by atoms with E-state index in [9.17, 15) is 4.79 Å². The number of nitrogens with zero attached hydrogens (tertiary/aromatic N) is 3. The minimum absolute atomic E-state index is 0.0259. The van der Waals surface area contributed by atoms with E-state index in [2.05, 4.69) is 15.5 Å². The lowest BCUT2D eigenvalue weighted by Crippen LogP contribution is -2.42. The molecule has 25 heavy (non-hydrogen) atoms. The predicted molar refractivity (Wildman–Crippen MR) is 94.5 cm³/mol. The molecule has 2 heterocycles. The van der Waals surface area contributed by atoms with Gasteiger partial charge >= 0.3 is 6.03 Å². The van der Waals surface area contributed by atoms with Crippen LogP contribution in [0.15, 0.2) is 28.8 Å². The fourth-order valence-electron chi connectivity index (χ4n) is 3.45. The number of aryl methyl sites for hydroxylation is 1. The first-order valence-corrected chi connectivity index (χ1v) is 9.12. The molecule has 1 aliphatic carbocycles. The van der Waals surface area contributed by atoms with E-state index in [0.717, 1.165) is 68.2 Å². The van der Waals surface area contributed by atoms with Crippen molar-refractivity contribution in [3.8, 4) is 0 Å². The molecule has 2 aliphatic rings. The second kappa shape index (κ2) is 6.86. The summed E-state index contributed by atoms with van der Waals surface area (Å²) in [6, 6.07) is 7.86. The van der Waals surface area contributed by atoms with E-state index in [1.807, 2.05) is 36.1 Å². The van der Waals surface area contributed by atoms with Gasteiger partial charge in [0.15, 0.2) is 5.82 Å². The first-order valence-electron chi connectivity index (χ1n) is 9.12. The van der Waals surface area contributed by atoms with Gasteiger partial charge in [0.25, 0.3) is 0 Å². The van der Waals surface area contributed by atoms with Crippen LogP contribution in [0, 0.1) is 12.8 Å². The Morgan fingerprint density at radius 2 is 2.24 bits per heavy atom. The zero-order valence-electron chi connectivity index (χ0n) is 14.6. The van der Waals surface area contributed by atoms with Gasteiger partial charge in [-0.15, -0.1) is 0 Å². The lowest BCUT2D eigenvalue weighted by atomic mass is 9.95. The number of urea groups is 1. The number of carbonyl (C=O) groups is 1. The number of amides is 2. The molecule has 2 aromatic rings. The van der Waals surface area contributed by atoms with Crippen molar-refractivity contribution in [1.29, 1.82) is 0 Å². The van der Waals surface area contributed by atoms with Gasteiger partial charge in [0.2, 0.25) is 5.89 Å². The Morgan fingerprint density at radius 3 is 3.04 bits per heavy atom. The first kappa shape index (κ1) is 16.1. The van der Waals surface area contributed by atoms with E-state index in [4.69, 9.17) is 4.52 Å². The number of hydrogen-bond donors (Lipinski definition) is 1.